The second-order valence-electron chi connectivity index (χ2n) is 0. The molecule has 0 aromatic heterocycles. The van der Waals surface area contributed by atoms with Crippen LogP contribution in [0.25, 0.3) is 24.6 Å². The Kier molecular flexibility index (Phi) is 15000. The third-order valence-corrected chi connectivity index (χ3v) is 0. The normalized spacial score (nSPS) is 0. The summed E-state index contributed by atoms with van der Waals surface area (Å²) in [5, 5.41) is 0. The molecule has 0 rings (SSSR count). The van der Waals surface area contributed by atoms with Crippen molar-refractivity contribution < 1.29 is 19.5 Å². The van der Waals surface area contributed by atoms with Gasteiger partial charge in [-0.3, -0.25) is 0 Å². The van der Waals surface area contributed by atoms with Crippen molar-refractivity contribution in [2.75, 3.05) is 0 Å². The molecule has 0 radical (unpaired) electrons. The molecule has 0 amide bonds. The zero-order chi connectivity index (χ0) is 0. The van der Waals surface area contributed by atoms with Crippen LogP contribution in [0.5, 0.6) is 0 Å². The smallest absolute Gasteiger partial charge is 0 e. The predicted octanol–water partition coefficient (Wildman–Crippen LogP) is 3.29. The Labute approximate surface area is 56.9 Å². The maximum absolute atomic E-state index is 0. The molecule has 6 heteroatoms. The van der Waals surface area contributed by atoms with Crippen LogP contribution in [0.4, 0.5) is 0 Å². The van der Waals surface area contributed by atoms with Crippen molar-refractivity contribution in [1.29, 1.82) is 0 Å². The fourth-order valence-corrected chi connectivity index (χ4v) is 0. The molecule has 0 heterocycles. The van der Waals surface area contributed by atoms with Gasteiger partial charge in [-0.1, -0.05) is 0 Å². The molecule has 8 N–H and O–H groups in total. The summed E-state index contributed by atoms with van der Waals surface area (Å²) in [5.41, 5.74) is 0. The molecule has 0 unspecified atom stereocenters. The van der Waals surface area contributed by atoms with Crippen molar-refractivity contribution in [1.82, 2.24) is 0 Å². The molecule has 0 saturated heterocycles. The first-order valence-corrected chi connectivity index (χ1v) is 0. The zero-order valence-electron chi connectivity index (χ0n) is 3.42. The molecule has 0 spiro atoms. The van der Waals surface area contributed by atoms with Crippen LogP contribution in [0.15, 0.2) is 0 Å². The van der Waals surface area contributed by atoms with Gasteiger partial charge < -0.3 is 24.6 Å². The van der Waals surface area contributed by atoms with Crippen LogP contribution in [0.2, 0.25) is 0 Å². The third kappa shape index (κ3) is 118. The summed E-state index contributed by atoms with van der Waals surface area (Å²) in [6.07, 6.45) is 0. The molecular formula is H9ClN4Zn-4. The Morgan fingerprint density at radius 1 is 0.500 bits per heavy atom. The van der Waals surface area contributed by atoms with Crippen LogP contribution in [0, 0.1) is 0 Å². The van der Waals surface area contributed by atoms with E-state index in [-0.39, 0.29) is 56.5 Å². The number of rotatable bonds is 0. The van der Waals surface area contributed by atoms with Crippen molar-refractivity contribution in [2.45, 2.75) is 0 Å². The maximum atomic E-state index is 0. The molecule has 0 aromatic carbocycles. The minimum absolute atomic E-state index is 0. The minimum atomic E-state index is 0. The molecule has 0 aliphatic heterocycles. The zero-order valence-corrected chi connectivity index (χ0v) is 7.21. The van der Waals surface area contributed by atoms with E-state index in [9.17, 15) is 0 Å². The van der Waals surface area contributed by atoms with E-state index < -0.39 is 0 Å². The second kappa shape index (κ2) is 229. The van der Waals surface area contributed by atoms with Crippen molar-refractivity contribution >= 4 is 12.4 Å². The Morgan fingerprint density at radius 2 is 0.500 bits per heavy atom. The van der Waals surface area contributed by atoms with Gasteiger partial charge in [0.15, 0.2) is 0 Å². The number of halogens is 1. The molecule has 0 bridgehead atoms. The Bertz CT molecular complexity index is 7.51. The molecule has 0 aliphatic carbocycles. The van der Waals surface area contributed by atoms with E-state index in [1.165, 1.54) is 0 Å². The monoisotopic (exact) mass is 164 g/mol. The average Bonchev–Trinajstić information content (AvgIpc) is 0. The van der Waals surface area contributed by atoms with E-state index in [0.29, 0.717) is 0 Å². The van der Waals surface area contributed by atoms with E-state index in [1.54, 1.807) is 0 Å². The molecule has 0 saturated carbocycles. The Balaban J connectivity index is 0. The van der Waals surface area contributed by atoms with Crippen molar-refractivity contribution in [3.05, 3.63) is 24.6 Å². The summed E-state index contributed by atoms with van der Waals surface area (Å²) >= 11 is 0. The van der Waals surface area contributed by atoms with Gasteiger partial charge in [-0.15, -0.1) is 12.4 Å². The van der Waals surface area contributed by atoms with Crippen molar-refractivity contribution in [3.8, 4) is 0 Å². The van der Waals surface area contributed by atoms with Gasteiger partial charge in [0.1, 0.15) is 0 Å². The van der Waals surface area contributed by atoms with Crippen LogP contribution < -0.4 is 0 Å². The van der Waals surface area contributed by atoms with Gasteiger partial charge in [0.25, 0.3) is 0 Å². The van der Waals surface area contributed by atoms with E-state index in [4.69, 9.17) is 0 Å². The van der Waals surface area contributed by atoms with Crippen molar-refractivity contribution in [3.63, 3.8) is 0 Å². The van der Waals surface area contributed by atoms with E-state index >= 15 is 0 Å². The molecule has 4 nitrogen and oxygen atoms in total. The summed E-state index contributed by atoms with van der Waals surface area (Å²) in [6.45, 7) is 0. The topological polar surface area (TPSA) is 134 Å². The summed E-state index contributed by atoms with van der Waals surface area (Å²) in [6, 6.07) is 0. The van der Waals surface area contributed by atoms with E-state index in [0.717, 1.165) is 0 Å². The van der Waals surface area contributed by atoms with Crippen LogP contribution in [-0.4, -0.2) is 0 Å². The van der Waals surface area contributed by atoms with E-state index in [1.807, 2.05) is 0 Å². The van der Waals surface area contributed by atoms with Gasteiger partial charge in [-0.25, -0.2) is 0 Å². The molecular weight excluding hydrogens is 157 g/mol. The summed E-state index contributed by atoms with van der Waals surface area (Å²) in [7, 11) is 0. The quantitative estimate of drug-likeness (QED) is 0.487. The molecule has 6 heavy (non-hydrogen) atoms. The first-order valence-electron chi connectivity index (χ1n) is 0. The Hall–Kier alpha value is 0.753. The van der Waals surface area contributed by atoms with Crippen LogP contribution in [-0.2, 0) is 19.5 Å². The van der Waals surface area contributed by atoms with Crippen LogP contribution >= 0.6 is 12.4 Å². The predicted molar refractivity (Wildman–Crippen MR) is 28.4 cm³/mol. The first-order chi connectivity index (χ1) is 0. The maximum Gasteiger partial charge on any atom is 0 e. The summed E-state index contributed by atoms with van der Waals surface area (Å²) in [4.78, 5) is 0. The Morgan fingerprint density at radius 3 is 0.500 bits per heavy atom. The van der Waals surface area contributed by atoms with Gasteiger partial charge in [-0.05, 0) is 0 Å². The summed E-state index contributed by atoms with van der Waals surface area (Å²) < 4.78 is 0. The molecule has 0 aliphatic rings. The number of nitrogens with two attached hydrogens (primary N) is 4. The standard InChI is InChI=1S/ClH.4H2N.Zn/h1H;4*1H2;/q;4*-1;. The second-order valence-corrected chi connectivity index (χ2v) is 0. The number of hydrogen-bond donors (Lipinski definition) is 0. The molecule has 0 atom stereocenters. The summed E-state index contributed by atoms with van der Waals surface area (Å²) in [5.74, 6) is 0. The third-order valence-electron chi connectivity index (χ3n) is 0. The van der Waals surface area contributed by atoms with Crippen LogP contribution in [0.3, 0.4) is 0 Å². The SMILES string of the molecule is Cl.[NH2-].[NH2-].[NH2-].[NH2-].[Zn]. The molecule has 0 aromatic rings. The fraction of sp³-hybridized carbons (Fsp3) is 0. The van der Waals surface area contributed by atoms with Gasteiger partial charge in [-0.2, -0.15) is 0 Å². The largest absolute Gasteiger partial charge is 0.693 e. The fourth-order valence-electron chi connectivity index (χ4n) is 0. The van der Waals surface area contributed by atoms with Crippen LogP contribution in [0.1, 0.15) is 0 Å². The minimum Gasteiger partial charge on any atom is -0.693 e. The molecule has 42 valence electrons. The first kappa shape index (κ1) is 394. The van der Waals surface area contributed by atoms with Crippen molar-refractivity contribution in [2.24, 2.45) is 0 Å². The van der Waals surface area contributed by atoms with Gasteiger partial charge >= 0.3 is 0 Å². The molecule has 0 fully saturated rings. The van der Waals surface area contributed by atoms with Gasteiger partial charge in [0.2, 0.25) is 0 Å². The number of hydrogen-bond acceptors (Lipinski definition) is 0. The van der Waals surface area contributed by atoms with Gasteiger partial charge in [0, 0.05) is 19.5 Å². The van der Waals surface area contributed by atoms with Gasteiger partial charge in [0.05, 0.1) is 0 Å². The van der Waals surface area contributed by atoms with E-state index in [2.05, 4.69) is 0 Å². The average molecular weight is 166 g/mol.